The van der Waals surface area contributed by atoms with Crippen molar-refractivity contribution < 1.29 is 20.1 Å². The van der Waals surface area contributed by atoms with E-state index in [0.717, 1.165) is 44.9 Å². The number of aliphatic hydroxyl groups is 3. The number of rotatable bonds is 46. The number of carbonyl (C=O) groups excluding carboxylic acids is 1. The predicted molar refractivity (Wildman–Crippen MR) is 245 cm³/mol. The van der Waals surface area contributed by atoms with Crippen molar-refractivity contribution in [3.8, 4) is 0 Å². The fraction of sp³-hybridized carbons (Fsp3) is 0.902. The number of unbranched alkanes of at least 4 members (excludes halogenated alkanes) is 34. The molecule has 56 heavy (non-hydrogen) atoms. The van der Waals surface area contributed by atoms with Crippen LogP contribution < -0.4 is 5.32 Å². The summed E-state index contributed by atoms with van der Waals surface area (Å²) >= 11 is 0. The molecular weight excluding hydrogens is 691 g/mol. The summed E-state index contributed by atoms with van der Waals surface area (Å²) in [5.41, 5.74) is 0. The Morgan fingerprint density at radius 2 is 0.732 bits per heavy atom. The van der Waals surface area contributed by atoms with Crippen molar-refractivity contribution >= 4 is 5.91 Å². The van der Waals surface area contributed by atoms with Gasteiger partial charge in [0.1, 0.15) is 6.10 Å². The SMILES string of the molecule is CCCCCCCCCCC/C=C\C/C=C\CCCCCCCCC(O)C(=O)NC(CO)C(O)CCCCCCCCCCCCCCCCCCCCCC. The molecule has 0 spiro atoms. The van der Waals surface area contributed by atoms with Crippen LogP contribution in [-0.2, 0) is 4.79 Å². The van der Waals surface area contributed by atoms with Gasteiger partial charge >= 0.3 is 0 Å². The quantitative estimate of drug-likeness (QED) is 0.0365. The summed E-state index contributed by atoms with van der Waals surface area (Å²) in [6, 6.07) is -0.716. The molecule has 0 fully saturated rings. The van der Waals surface area contributed by atoms with Crippen molar-refractivity contribution in [1.82, 2.24) is 5.32 Å². The van der Waals surface area contributed by atoms with Crippen LogP contribution in [0, 0.1) is 0 Å². The van der Waals surface area contributed by atoms with E-state index >= 15 is 0 Å². The lowest BCUT2D eigenvalue weighted by Gasteiger charge is -2.23. The molecule has 4 N–H and O–H groups in total. The lowest BCUT2D eigenvalue weighted by molar-refractivity contribution is -0.131. The lowest BCUT2D eigenvalue weighted by Crippen LogP contribution is -2.49. The molecule has 0 aliphatic carbocycles. The normalized spacial score (nSPS) is 13.6. The molecule has 0 saturated carbocycles. The number of aliphatic hydroxyl groups excluding tert-OH is 3. The average Bonchev–Trinajstić information content (AvgIpc) is 3.20. The van der Waals surface area contributed by atoms with Gasteiger partial charge < -0.3 is 20.6 Å². The number of carbonyl (C=O) groups is 1. The standard InChI is InChI=1S/C51H99NO4/c1-3-5-7-9-11-13-15-17-19-21-23-25-26-28-30-32-34-36-38-40-42-44-46-50(55)51(56)52-48(47-53)49(54)45-43-41-39-37-35-33-31-29-27-24-22-20-18-16-14-12-10-8-6-4-2/h23,25,28,30,48-50,53-55H,3-22,24,26-27,29,31-47H2,1-2H3,(H,52,56)/b25-23-,30-28-. The van der Waals surface area contributed by atoms with E-state index in [0.29, 0.717) is 12.8 Å². The maximum absolute atomic E-state index is 12.5. The van der Waals surface area contributed by atoms with Crippen molar-refractivity contribution in [3.63, 3.8) is 0 Å². The van der Waals surface area contributed by atoms with E-state index in [-0.39, 0.29) is 6.61 Å². The van der Waals surface area contributed by atoms with Gasteiger partial charge in [0.25, 0.3) is 0 Å². The maximum atomic E-state index is 12.5. The van der Waals surface area contributed by atoms with E-state index in [1.807, 2.05) is 0 Å². The van der Waals surface area contributed by atoms with Crippen LogP contribution in [-0.4, -0.2) is 46.1 Å². The Morgan fingerprint density at radius 3 is 1.07 bits per heavy atom. The molecule has 0 aliphatic heterocycles. The minimum absolute atomic E-state index is 0.315. The zero-order chi connectivity index (χ0) is 40.8. The van der Waals surface area contributed by atoms with Crippen LogP contribution in [0.25, 0.3) is 0 Å². The monoisotopic (exact) mass is 790 g/mol. The van der Waals surface area contributed by atoms with Gasteiger partial charge in [-0.05, 0) is 44.9 Å². The molecule has 0 bridgehead atoms. The second-order valence-electron chi connectivity index (χ2n) is 17.4. The van der Waals surface area contributed by atoms with E-state index in [2.05, 4.69) is 43.5 Å². The van der Waals surface area contributed by atoms with Gasteiger partial charge in [-0.2, -0.15) is 0 Å². The number of amides is 1. The van der Waals surface area contributed by atoms with Gasteiger partial charge in [0.2, 0.25) is 5.91 Å². The van der Waals surface area contributed by atoms with Crippen LogP contribution >= 0.6 is 0 Å². The number of nitrogens with one attached hydrogen (secondary N) is 1. The van der Waals surface area contributed by atoms with E-state index < -0.39 is 24.2 Å². The van der Waals surface area contributed by atoms with Gasteiger partial charge in [-0.15, -0.1) is 0 Å². The third kappa shape index (κ3) is 41.0. The summed E-state index contributed by atoms with van der Waals surface area (Å²) in [5, 5.41) is 33.4. The van der Waals surface area contributed by atoms with Gasteiger partial charge in [-0.25, -0.2) is 0 Å². The maximum Gasteiger partial charge on any atom is 0.249 e. The topological polar surface area (TPSA) is 89.8 Å². The van der Waals surface area contributed by atoms with Gasteiger partial charge in [-0.3, -0.25) is 4.79 Å². The Labute approximate surface area is 350 Å². The molecule has 3 unspecified atom stereocenters. The zero-order valence-corrected chi connectivity index (χ0v) is 37.8. The van der Waals surface area contributed by atoms with E-state index in [9.17, 15) is 20.1 Å². The van der Waals surface area contributed by atoms with Crippen LogP contribution in [0.1, 0.15) is 271 Å². The molecule has 0 aromatic rings. The van der Waals surface area contributed by atoms with Crippen LogP contribution in [0.2, 0.25) is 0 Å². The van der Waals surface area contributed by atoms with Crippen molar-refractivity contribution in [3.05, 3.63) is 24.3 Å². The molecule has 3 atom stereocenters. The number of hydrogen-bond acceptors (Lipinski definition) is 4. The molecule has 0 aromatic carbocycles. The minimum Gasteiger partial charge on any atom is -0.394 e. The van der Waals surface area contributed by atoms with Gasteiger partial charge in [-0.1, -0.05) is 250 Å². The molecule has 5 heteroatoms. The number of allylic oxidation sites excluding steroid dienone is 4. The summed E-state index contributed by atoms with van der Waals surface area (Å²) in [5.74, 6) is -0.475. The molecule has 1 amide bonds. The summed E-state index contributed by atoms with van der Waals surface area (Å²) in [7, 11) is 0. The highest BCUT2D eigenvalue weighted by molar-refractivity contribution is 5.80. The minimum atomic E-state index is -1.08. The van der Waals surface area contributed by atoms with Crippen LogP contribution in [0.4, 0.5) is 0 Å². The highest BCUT2D eigenvalue weighted by Crippen LogP contribution is 2.17. The fourth-order valence-corrected chi connectivity index (χ4v) is 7.87. The first-order valence-electron chi connectivity index (χ1n) is 25.1. The molecule has 0 aliphatic rings. The summed E-state index contributed by atoms with van der Waals surface area (Å²) in [4.78, 5) is 12.5. The Kier molecular flexibility index (Phi) is 45.5. The van der Waals surface area contributed by atoms with Crippen molar-refractivity contribution in [2.45, 2.75) is 289 Å². The smallest absolute Gasteiger partial charge is 0.249 e. The van der Waals surface area contributed by atoms with Crippen LogP contribution in [0.15, 0.2) is 24.3 Å². The van der Waals surface area contributed by atoms with Crippen molar-refractivity contribution in [2.24, 2.45) is 0 Å². The van der Waals surface area contributed by atoms with Gasteiger partial charge in [0, 0.05) is 0 Å². The van der Waals surface area contributed by atoms with E-state index in [1.165, 1.54) is 199 Å². The Bertz CT molecular complexity index is 829. The first-order chi connectivity index (χ1) is 27.6. The molecule has 0 aromatic heterocycles. The first-order valence-corrected chi connectivity index (χ1v) is 25.1. The molecule has 0 radical (unpaired) electrons. The van der Waals surface area contributed by atoms with Crippen molar-refractivity contribution in [1.29, 1.82) is 0 Å². The third-order valence-electron chi connectivity index (χ3n) is 11.8. The zero-order valence-electron chi connectivity index (χ0n) is 37.8. The Balaban J connectivity index is 3.60. The molecular formula is C51H99NO4. The average molecular weight is 790 g/mol. The van der Waals surface area contributed by atoms with Crippen LogP contribution in [0.5, 0.6) is 0 Å². The third-order valence-corrected chi connectivity index (χ3v) is 11.8. The molecule has 0 saturated heterocycles. The largest absolute Gasteiger partial charge is 0.394 e. The molecule has 332 valence electrons. The van der Waals surface area contributed by atoms with Crippen molar-refractivity contribution in [2.75, 3.05) is 6.61 Å². The molecule has 0 heterocycles. The first kappa shape index (κ1) is 54.8. The van der Waals surface area contributed by atoms with Gasteiger partial charge in [0.15, 0.2) is 0 Å². The lowest BCUT2D eigenvalue weighted by atomic mass is 10.0. The highest BCUT2D eigenvalue weighted by Gasteiger charge is 2.23. The molecule has 0 rings (SSSR count). The van der Waals surface area contributed by atoms with Gasteiger partial charge in [0.05, 0.1) is 18.8 Å². The van der Waals surface area contributed by atoms with E-state index in [4.69, 9.17) is 0 Å². The molecule has 5 nitrogen and oxygen atoms in total. The Morgan fingerprint density at radius 1 is 0.429 bits per heavy atom. The second kappa shape index (κ2) is 46.5. The Hall–Kier alpha value is -1.17. The summed E-state index contributed by atoms with van der Waals surface area (Å²) < 4.78 is 0. The predicted octanol–water partition coefficient (Wildman–Crippen LogP) is 14.9. The summed E-state index contributed by atoms with van der Waals surface area (Å²) in [6.07, 6.45) is 57.6. The van der Waals surface area contributed by atoms with Crippen LogP contribution in [0.3, 0.4) is 0 Å². The summed E-state index contributed by atoms with van der Waals surface area (Å²) in [6.45, 7) is 4.25. The highest BCUT2D eigenvalue weighted by atomic mass is 16.3. The second-order valence-corrected chi connectivity index (χ2v) is 17.4. The number of hydrogen-bond donors (Lipinski definition) is 4. The fourth-order valence-electron chi connectivity index (χ4n) is 7.87. The van der Waals surface area contributed by atoms with E-state index in [1.54, 1.807) is 0 Å².